The molecule has 1 heterocycles. The van der Waals surface area contributed by atoms with E-state index in [0.29, 0.717) is 24.8 Å². The average molecular weight is 256 g/mol. The summed E-state index contributed by atoms with van der Waals surface area (Å²) < 4.78 is 10.4. The van der Waals surface area contributed by atoms with E-state index in [1.54, 1.807) is 6.07 Å². The van der Waals surface area contributed by atoms with Gasteiger partial charge in [0.05, 0.1) is 13.2 Å². The van der Waals surface area contributed by atoms with Crippen molar-refractivity contribution in [2.45, 2.75) is 12.6 Å². The van der Waals surface area contributed by atoms with E-state index in [1.165, 1.54) is 0 Å². The number of rotatable bonds is 3. The second kappa shape index (κ2) is 6.00. The Balaban J connectivity index is 1.85. The third-order valence-electron chi connectivity index (χ3n) is 2.53. The maximum Gasteiger partial charge on any atom is 0.325 e. The first-order chi connectivity index (χ1) is 8.27. The Hall–Kier alpha value is -1.10. The van der Waals surface area contributed by atoms with Crippen LogP contribution in [0.1, 0.15) is 5.56 Å². The highest BCUT2D eigenvalue weighted by Gasteiger charge is 2.22. The van der Waals surface area contributed by atoms with E-state index in [9.17, 15) is 4.79 Å². The van der Waals surface area contributed by atoms with Crippen LogP contribution in [0.5, 0.6) is 0 Å². The quantitative estimate of drug-likeness (QED) is 0.829. The molecule has 2 rings (SSSR count). The third kappa shape index (κ3) is 3.43. The number of halogens is 1. The number of hydrogen-bond donors (Lipinski definition) is 1. The molecule has 1 aliphatic rings. The van der Waals surface area contributed by atoms with Gasteiger partial charge in [-0.1, -0.05) is 29.8 Å². The molecule has 0 aliphatic carbocycles. The highest BCUT2D eigenvalue weighted by Crippen LogP contribution is 2.16. The van der Waals surface area contributed by atoms with Crippen molar-refractivity contribution >= 4 is 17.6 Å². The van der Waals surface area contributed by atoms with Crippen molar-refractivity contribution in [3.63, 3.8) is 0 Å². The molecule has 0 amide bonds. The summed E-state index contributed by atoms with van der Waals surface area (Å²) in [5, 5.41) is 3.64. The summed E-state index contributed by atoms with van der Waals surface area (Å²) in [6.45, 7) is 1.86. The largest absolute Gasteiger partial charge is 0.460 e. The highest BCUT2D eigenvalue weighted by atomic mass is 35.5. The lowest BCUT2D eigenvalue weighted by atomic mass is 10.2. The zero-order valence-corrected chi connectivity index (χ0v) is 10.1. The van der Waals surface area contributed by atoms with Gasteiger partial charge in [-0.2, -0.15) is 0 Å². The number of benzene rings is 1. The molecule has 5 heteroatoms. The number of ether oxygens (including phenoxy) is 2. The highest BCUT2D eigenvalue weighted by molar-refractivity contribution is 6.31. The van der Waals surface area contributed by atoms with Crippen molar-refractivity contribution in [3.8, 4) is 0 Å². The van der Waals surface area contributed by atoms with E-state index in [2.05, 4.69) is 5.32 Å². The van der Waals surface area contributed by atoms with Gasteiger partial charge >= 0.3 is 5.97 Å². The molecule has 17 heavy (non-hydrogen) atoms. The van der Waals surface area contributed by atoms with Crippen molar-refractivity contribution in [1.29, 1.82) is 0 Å². The minimum Gasteiger partial charge on any atom is -0.460 e. The van der Waals surface area contributed by atoms with Crippen molar-refractivity contribution in [2.75, 3.05) is 19.8 Å². The molecule has 92 valence electrons. The summed E-state index contributed by atoms with van der Waals surface area (Å²) in [6.07, 6.45) is 0. The van der Waals surface area contributed by atoms with Crippen LogP contribution in [0.25, 0.3) is 0 Å². The van der Waals surface area contributed by atoms with E-state index in [0.717, 1.165) is 5.56 Å². The molecule has 1 unspecified atom stereocenters. The van der Waals surface area contributed by atoms with Crippen LogP contribution >= 0.6 is 11.6 Å². The molecule has 0 saturated carbocycles. The maximum absolute atomic E-state index is 11.7. The number of nitrogens with one attached hydrogen (secondary N) is 1. The smallest absolute Gasteiger partial charge is 0.325 e. The van der Waals surface area contributed by atoms with Crippen LogP contribution in [0, 0.1) is 0 Å². The molecule has 1 saturated heterocycles. The number of carbonyl (C=O) groups is 1. The van der Waals surface area contributed by atoms with Crippen molar-refractivity contribution in [1.82, 2.24) is 5.32 Å². The summed E-state index contributed by atoms with van der Waals surface area (Å²) in [5.41, 5.74) is 0.805. The molecule has 1 N–H and O–H groups in total. The summed E-state index contributed by atoms with van der Waals surface area (Å²) in [7, 11) is 0. The Labute approximate surface area is 105 Å². The molecule has 1 fully saturated rings. The molecule has 0 radical (unpaired) electrons. The van der Waals surface area contributed by atoms with Crippen LogP contribution in [0.3, 0.4) is 0 Å². The van der Waals surface area contributed by atoms with E-state index >= 15 is 0 Å². The van der Waals surface area contributed by atoms with Crippen molar-refractivity contribution in [2.24, 2.45) is 0 Å². The van der Waals surface area contributed by atoms with E-state index in [1.807, 2.05) is 18.2 Å². The molecular weight excluding hydrogens is 242 g/mol. The first kappa shape index (κ1) is 12.4. The monoisotopic (exact) mass is 255 g/mol. The molecule has 1 aromatic rings. The van der Waals surface area contributed by atoms with Gasteiger partial charge in [-0.05, 0) is 6.07 Å². The lowest BCUT2D eigenvalue weighted by Gasteiger charge is -2.22. The zero-order chi connectivity index (χ0) is 12.1. The topological polar surface area (TPSA) is 47.6 Å². The molecule has 4 nitrogen and oxygen atoms in total. The molecule has 1 atom stereocenters. The second-order valence-corrected chi connectivity index (χ2v) is 4.19. The summed E-state index contributed by atoms with van der Waals surface area (Å²) >= 11 is 5.96. The third-order valence-corrected chi connectivity index (χ3v) is 2.90. The Morgan fingerprint density at radius 1 is 1.53 bits per heavy atom. The maximum atomic E-state index is 11.7. The Kier molecular flexibility index (Phi) is 4.36. The first-order valence-electron chi connectivity index (χ1n) is 5.48. The number of carbonyl (C=O) groups excluding carboxylic acids is 1. The second-order valence-electron chi connectivity index (χ2n) is 3.78. The first-order valence-corrected chi connectivity index (χ1v) is 5.86. The lowest BCUT2D eigenvalue weighted by Crippen LogP contribution is -2.47. The van der Waals surface area contributed by atoms with Crippen LogP contribution in [-0.4, -0.2) is 31.8 Å². The minimum atomic E-state index is -0.369. The van der Waals surface area contributed by atoms with Gasteiger partial charge in [0.2, 0.25) is 0 Å². The standard InChI is InChI=1S/C12H14ClNO3/c13-10-4-2-1-3-9(10)7-17-12(15)11-8-16-6-5-14-11/h1-4,11,14H,5-8H2. The Morgan fingerprint density at radius 2 is 2.35 bits per heavy atom. The molecule has 0 aromatic heterocycles. The van der Waals surface area contributed by atoms with Crippen LogP contribution in [-0.2, 0) is 20.9 Å². The predicted molar refractivity (Wildman–Crippen MR) is 63.9 cm³/mol. The summed E-state index contributed by atoms with van der Waals surface area (Å²) in [5.74, 6) is -0.301. The zero-order valence-electron chi connectivity index (χ0n) is 9.32. The molecule has 0 spiro atoms. The molecule has 1 aliphatic heterocycles. The lowest BCUT2D eigenvalue weighted by molar-refractivity contribution is -0.150. The van der Waals surface area contributed by atoms with Crippen molar-refractivity contribution in [3.05, 3.63) is 34.9 Å². The summed E-state index contributed by atoms with van der Waals surface area (Å²) in [6, 6.07) is 6.93. The summed E-state index contributed by atoms with van der Waals surface area (Å²) in [4.78, 5) is 11.7. The van der Waals surface area contributed by atoms with Crippen molar-refractivity contribution < 1.29 is 14.3 Å². The van der Waals surface area contributed by atoms with Gasteiger partial charge in [0, 0.05) is 17.1 Å². The van der Waals surface area contributed by atoms with E-state index in [4.69, 9.17) is 21.1 Å². The van der Waals surface area contributed by atoms with Gasteiger partial charge in [-0.15, -0.1) is 0 Å². The Bertz CT molecular complexity index is 391. The fourth-order valence-electron chi connectivity index (χ4n) is 1.58. The minimum absolute atomic E-state index is 0.191. The van der Waals surface area contributed by atoms with Crippen LogP contribution in [0.2, 0.25) is 5.02 Å². The van der Waals surface area contributed by atoms with Gasteiger partial charge in [0.1, 0.15) is 12.6 Å². The normalized spacial score (nSPS) is 19.9. The van der Waals surface area contributed by atoms with Crippen LogP contribution in [0.4, 0.5) is 0 Å². The van der Waals surface area contributed by atoms with Crippen LogP contribution < -0.4 is 5.32 Å². The van der Waals surface area contributed by atoms with Gasteiger partial charge < -0.3 is 14.8 Å². The SMILES string of the molecule is O=C(OCc1ccccc1Cl)C1COCCN1. The average Bonchev–Trinajstić information content (AvgIpc) is 2.38. The van der Waals surface area contributed by atoms with E-state index in [-0.39, 0.29) is 18.6 Å². The predicted octanol–water partition coefficient (Wildman–Crippen LogP) is 1.37. The molecular formula is C12H14ClNO3. The fourth-order valence-corrected chi connectivity index (χ4v) is 1.77. The van der Waals surface area contributed by atoms with Gasteiger partial charge in [0.15, 0.2) is 0 Å². The number of hydrogen-bond acceptors (Lipinski definition) is 4. The number of esters is 1. The molecule has 0 bridgehead atoms. The van der Waals surface area contributed by atoms with Crippen LogP contribution in [0.15, 0.2) is 24.3 Å². The number of morpholine rings is 1. The van der Waals surface area contributed by atoms with Gasteiger partial charge in [-0.25, -0.2) is 0 Å². The fraction of sp³-hybridized carbons (Fsp3) is 0.417. The van der Waals surface area contributed by atoms with Gasteiger partial charge in [0.25, 0.3) is 0 Å². The molecule has 1 aromatic carbocycles. The Morgan fingerprint density at radius 3 is 3.06 bits per heavy atom. The van der Waals surface area contributed by atoms with Gasteiger partial charge in [-0.3, -0.25) is 4.79 Å². The van der Waals surface area contributed by atoms with E-state index < -0.39 is 0 Å².